The lowest BCUT2D eigenvalue weighted by molar-refractivity contribution is 0.645. The zero-order chi connectivity index (χ0) is 17.6. The molecule has 1 aromatic carbocycles. The van der Waals surface area contributed by atoms with Crippen molar-refractivity contribution in [2.75, 3.05) is 36.0 Å². The van der Waals surface area contributed by atoms with Crippen LogP contribution in [-0.2, 0) is 5.75 Å². The molecule has 6 heteroatoms. The number of nitrogens with zero attached hydrogens (tertiary/aromatic N) is 5. The minimum atomic E-state index is 0.867. The maximum Gasteiger partial charge on any atom is 0.133 e. The van der Waals surface area contributed by atoms with Crippen LogP contribution in [-0.4, -0.2) is 41.1 Å². The van der Waals surface area contributed by atoms with Gasteiger partial charge in [-0.05, 0) is 23.8 Å². The van der Waals surface area contributed by atoms with Gasteiger partial charge in [-0.15, -0.1) is 11.8 Å². The summed E-state index contributed by atoms with van der Waals surface area (Å²) in [6.07, 6.45) is 5.37. The Kier molecular flexibility index (Phi) is 5.30. The van der Waals surface area contributed by atoms with Crippen LogP contribution in [0.15, 0.2) is 72.3 Å². The van der Waals surface area contributed by atoms with Crippen molar-refractivity contribution in [3.63, 3.8) is 0 Å². The molecule has 0 radical (unpaired) electrons. The molecule has 0 saturated carbocycles. The molecule has 0 aliphatic carbocycles. The summed E-state index contributed by atoms with van der Waals surface area (Å²) in [5.74, 6) is 1.88. The fourth-order valence-corrected chi connectivity index (χ4v) is 3.85. The summed E-state index contributed by atoms with van der Waals surface area (Å²) in [5.41, 5.74) is 2.50. The maximum atomic E-state index is 4.49. The van der Waals surface area contributed by atoms with Crippen molar-refractivity contribution in [3.8, 4) is 0 Å². The van der Waals surface area contributed by atoms with Crippen molar-refractivity contribution in [1.29, 1.82) is 0 Å². The Morgan fingerprint density at radius 1 is 0.885 bits per heavy atom. The van der Waals surface area contributed by atoms with Gasteiger partial charge in [0.15, 0.2) is 0 Å². The number of para-hydroxylation sites is 1. The van der Waals surface area contributed by atoms with Crippen molar-refractivity contribution < 1.29 is 0 Å². The van der Waals surface area contributed by atoms with E-state index < -0.39 is 0 Å². The summed E-state index contributed by atoms with van der Waals surface area (Å²) < 4.78 is 0. The van der Waals surface area contributed by atoms with Gasteiger partial charge in [0, 0.05) is 56.1 Å². The van der Waals surface area contributed by atoms with E-state index in [1.54, 1.807) is 24.3 Å². The third-order valence-electron chi connectivity index (χ3n) is 4.46. The molecule has 3 aromatic rings. The lowest BCUT2D eigenvalue weighted by atomic mass is 10.2. The first-order valence-electron chi connectivity index (χ1n) is 8.77. The van der Waals surface area contributed by atoms with Crippen LogP contribution >= 0.6 is 11.8 Å². The van der Waals surface area contributed by atoms with E-state index in [4.69, 9.17) is 0 Å². The monoisotopic (exact) mass is 363 g/mol. The average Bonchev–Trinajstić information content (AvgIpc) is 2.74. The molecular formula is C20H21N5S. The molecule has 2 aromatic heterocycles. The van der Waals surface area contributed by atoms with E-state index in [0.717, 1.165) is 42.8 Å². The Bertz CT molecular complexity index is 820. The van der Waals surface area contributed by atoms with Crippen LogP contribution in [0.2, 0.25) is 0 Å². The Balaban J connectivity index is 1.36. The van der Waals surface area contributed by atoms with Crippen molar-refractivity contribution in [1.82, 2.24) is 15.0 Å². The van der Waals surface area contributed by atoms with Crippen LogP contribution in [0.3, 0.4) is 0 Å². The quantitative estimate of drug-likeness (QED) is 0.511. The lowest BCUT2D eigenvalue weighted by Crippen LogP contribution is -2.46. The number of benzene rings is 1. The summed E-state index contributed by atoms with van der Waals surface area (Å²) in [5, 5.41) is 1.00. The minimum absolute atomic E-state index is 0.867. The van der Waals surface area contributed by atoms with Crippen LogP contribution in [0, 0.1) is 0 Å². The highest BCUT2D eigenvalue weighted by atomic mass is 32.2. The first kappa shape index (κ1) is 16.8. The van der Waals surface area contributed by atoms with E-state index in [-0.39, 0.29) is 0 Å². The normalized spacial score (nSPS) is 14.5. The summed E-state index contributed by atoms with van der Waals surface area (Å²) >= 11 is 1.72. The van der Waals surface area contributed by atoms with Gasteiger partial charge in [0.25, 0.3) is 0 Å². The summed E-state index contributed by atoms with van der Waals surface area (Å²) in [7, 11) is 0. The highest BCUT2D eigenvalue weighted by molar-refractivity contribution is 7.98. The molecule has 0 N–H and O–H groups in total. The molecule has 0 unspecified atom stereocenters. The van der Waals surface area contributed by atoms with Gasteiger partial charge in [0.05, 0.1) is 0 Å². The molecule has 4 rings (SSSR count). The van der Waals surface area contributed by atoms with E-state index in [0.29, 0.717) is 0 Å². The SMILES string of the molecule is c1ccc(N2CCN(c3cc(SCc4cccnc4)ncn3)CC2)cc1. The number of anilines is 2. The second-order valence-corrected chi connectivity index (χ2v) is 7.17. The molecule has 0 bridgehead atoms. The van der Waals surface area contributed by atoms with Crippen LogP contribution < -0.4 is 9.80 Å². The largest absolute Gasteiger partial charge is 0.368 e. The summed E-state index contributed by atoms with van der Waals surface area (Å²) in [6.45, 7) is 3.95. The van der Waals surface area contributed by atoms with Crippen molar-refractivity contribution in [3.05, 3.63) is 72.8 Å². The van der Waals surface area contributed by atoms with Crippen LogP contribution in [0.5, 0.6) is 0 Å². The molecule has 3 heterocycles. The summed E-state index contributed by atoms with van der Waals surface area (Å²) in [4.78, 5) is 17.8. The zero-order valence-electron chi connectivity index (χ0n) is 14.5. The van der Waals surface area contributed by atoms with Gasteiger partial charge in [-0.3, -0.25) is 4.98 Å². The molecule has 132 valence electrons. The van der Waals surface area contributed by atoms with Gasteiger partial charge in [0.1, 0.15) is 17.2 Å². The molecule has 0 spiro atoms. The number of rotatable bonds is 5. The minimum Gasteiger partial charge on any atom is -0.368 e. The van der Waals surface area contributed by atoms with Gasteiger partial charge in [-0.2, -0.15) is 0 Å². The Morgan fingerprint density at radius 2 is 1.69 bits per heavy atom. The fraction of sp³-hybridized carbons (Fsp3) is 0.250. The Morgan fingerprint density at radius 3 is 2.46 bits per heavy atom. The van der Waals surface area contributed by atoms with Gasteiger partial charge in [-0.25, -0.2) is 9.97 Å². The van der Waals surface area contributed by atoms with E-state index in [1.165, 1.54) is 11.3 Å². The standard InChI is InChI=1S/C20H21N5S/c1-2-6-18(7-3-1)24-9-11-25(12-10-24)19-13-20(23-16-22-19)26-15-17-5-4-8-21-14-17/h1-8,13-14,16H,9-12,15H2. The second kappa shape index (κ2) is 8.19. The van der Waals surface area contributed by atoms with Crippen molar-refractivity contribution in [2.24, 2.45) is 0 Å². The Labute approximate surface area is 158 Å². The number of hydrogen-bond donors (Lipinski definition) is 0. The van der Waals surface area contributed by atoms with Gasteiger partial charge < -0.3 is 9.80 Å². The number of hydrogen-bond acceptors (Lipinski definition) is 6. The van der Waals surface area contributed by atoms with E-state index in [9.17, 15) is 0 Å². The lowest BCUT2D eigenvalue weighted by Gasteiger charge is -2.36. The zero-order valence-corrected chi connectivity index (χ0v) is 15.3. The average molecular weight is 363 g/mol. The smallest absolute Gasteiger partial charge is 0.133 e. The third-order valence-corrected chi connectivity index (χ3v) is 5.46. The molecule has 1 fully saturated rings. The molecular weight excluding hydrogens is 342 g/mol. The Hall–Kier alpha value is -2.60. The van der Waals surface area contributed by atoms with Crippen LogP contribution in [0.4, 0.5) is 11.5 Å². The maximum absolute atomic E-state index is 4.49. The van der Waals surface area contributed by atoms with E-state index in [2.05, 4.69) is 67.2 Å². The summed E-state index contributed by atoms with van der Waals surface area (Å²) in [6, 6.07) is 16.7. The van der Waals surface area contributed by atoms with Crippen LogP contribution in [0.25, 0.3) is 0 Å². The highest BCUT2D eigenvalue weighted by Gasteiger charge is 2.18. The van der Waals surface area contributed by atoms with Gasteiger partial charge in [0.2, 0.25) is 0 Å². The number of thioether (sulfide) groups is 1. The van der Waals surface area contributed by atoms with Crippen molar-refractivity contribution >= 4 is 23.3 Å². The van der Waals surface area contributed by atoms with Gasteiger partial charge >= 0.3 is 0 Å². The van der Waals surface area contributed by atoms with Crippen LogP contribution in [0.1, 0.15) is 5.56 Å². The molecule has 0 amide bonds. The first-order valence-corrected chi connectivity index (χ1v) is 9.76. The number of piperazine rings is 1. The molecule has 0 atom stereocenters. The third kappa shape index (κ3) is 4.14. The number of pyridine rings is 1. The predicted octanol–water partition coefficient (Wildman–Crippen LogP) is 3.49. The van der Waals surface area contributed by atoms with Crippen molar-refractivity contribution in [2.45, 2.75) is 10.8 Å². The predicted molar refractivity (Wildman–Crippen MR) is 107 cm³/mol. The van der Waals surface area contributed by atoms with E-state index in [1.807, 2.05) is 12.3 Å². The molecule has 1 aliphatic heterocycles. The molecule has 5 nitrogen and oxygen atoms in total. The molecule has 26 heavy (non-hydrogen) atoms. The van der Waals surface area contributed by atoms with Gasteiger partial charge in [-0.1, -0.05) is 24.3 Å². The topological polar surface area (TPSA) is 45.2 Å². The second-order valence-electron chi connectivity index (χ2n) is 6.17. The molecule has 1 aliphatic rings. The van der Waals surface area contributed by atoms with E-state index >= 15 is 0 Å². The first-order chi connectivity index (χ1) is 12.9. The fourth-order valence-electron chi connectivity index (χ4n) is 3.06. The highest BCUT2D eigenvalue weighted by Crippen LogP contribution is 2.24. The number of aromatic nitrogens is 3. The molecule has 1 saturated heterocycles.